The number of likely N-dealkylation sites (N-methyl/N-ethyl adjacent to an activating group) is 1. The van der Waals surface area contributed by atoms with Gasteiger partial charge in [-0.1, -0.05) is 25.8 Å². The molecule has 4 aromatic rings. The van der Waals surface area contributed by atoms with Crippen molar-refractivity contribution in [2.75, 3.05) is 32.1 Å². The number of terminal acetylenes is 1. The molecule has 0 bridgehead atoms. The average molecular weight is 457 g/mol. The molecule has 0 unspecified atom stereocenters. The van der Waals surface area contributed by atoms with Crippen LogP contribution in [0.15, 0.2) is 59.9 Å². The van der Waals surface area contributed by atoms with Gasteiger partial charge in [0.1, 0.15) is 17.9 Å². The van der Waals surface area contributed by atoms with Crippen LogP contribution in [0, 0.1) is 12.3 Å². The van der Waals surface area contributed by atoms with Gasteiger partial charge in [-0.05, 0) is 37.4 Å². The molecule has 0 spiro atoms. The van der Waals surface area contributed by atoms with Crippen molar-refractivity contribution in [1.29, 1.82) is 0 Å². The van der Waals surface area contributed by atoms with E-state index in [0.717, 1.165) is 36.3 Å². The number of methoxy groups -OCH3 is 1. The van der Waals surface area contributed by atoms with Crippen molar-refractivity contribution < 1.29 is 4.74 Å². The zero-order valence-corrected chi connectivity index (χ0v) is 19.7. The lowest BCUT2D eigenvalue weighted by atomic mass is 10.1. The first-order valence-corrected chi connectivity index (χ1v) is 11.2. The molecule has 0 atom stereocenters. The minimum Gasteiger partial charge on any atom is -0.494 e. The molecule has 0 fully saturated rings. The van der Waals surface area contributed by atoms with Gasteiger partial charge in [0.05, 0.1) is 18.3 Å². The van der Waals surface area contributed by atoms with Gasteiger partial charge in [-0.3, -0.25) is 9.13 Å². The normalized spacial score (nSPS) is 11.0. The van der Waals surface area contributed by atoms with Crippen LogP contribution in [0.4, 0.5) is 11.5 Å². The summed E-state index contributed by atoms with van der Waals surface area (Å²) in [6, 6.07) is 11.2. The summed E-state index contributed by atoms with van der Waals surface area (Å²) >= 11 is 0. The number of imidazole rings is 1. The number of rotatable bonds is 9. The molecule has 0 radical (unpaired) electrons. The topological polar surface area (TPSA) is 77.2 Å². The summed E-state index contributed by atoms with van der Waals surface area (Å²) in [6.07, 6.45) is 10.6. The second-order valence-electron chi connectivity index (χ2n) is 7.78. The molecule has 2 heterocycles. The van der Waals surface area contributed by atoms with Crippen molar-refractivity contribution in [1.82, 2.24) is 24.0 Å². The van der Waals surface area contributed by atoms with E-state index >= 15 is 0 Å². The number of anilines is 2. The predicted octanol–water partition coefficient (Wildman–Crippen LogP) is 3.66. The molecule has 2 aromatic heterocycles. The molecule has 0 saturated carbocycles. The molecule has 8 heteroatoms. The van der Waals surface area contributed by atoms with Gasteiger partial charge in [-0.15, -0.1) is 6.42 Å². The Labute approximate surface area is 198 Å². The van der Waals surface area contributed by atoms with Crippen molar-refractivity contribution in [2.24, 2.45) is 0 Å². The lowest BCUT2D eigenvalue weighted by Crippen LogP contribution is -2.31. The summed E-state index contributed by atoms with van der Waals surface area (Å²) in [5, 5.41) is 4.07. The molecule has 0 aliphatic rings. The second-order valence-corrected chi connectivity index (χ2v) is 7.78. The largest absolute Gasteiger partial charge is 0.494 e. The Kier molecular flexibility index (Phi) is 6.95. The average Bonchev–Trinajstić information content (AvgIpc) is 3.24. The Hall–Kier alpha value is -4.09. The zero-order chi connectivity index (χ0) is 24.1. The molecule has 0 aliphatic carbocycles. The van der Waals surface area contributed by atoms with Crippen LogP contribution in [0.2, 0.25) is 0 Å². The highest BCUT2D eigenvalue weighted by molar-refractivity contribution is 5.93. The molecule has 34 heavy (non-hydrogen) atoms. The lowest BCUT2D eigenvalue weighted by Gasteiger charge is -2.17. The Bertz CT molecular complexity index is 1390. The number of nitrogens with zero attached hydrogens (tertiary/aromatic N) is 5. The summed E-state index contributed by atoms with van der Waals surface area (Å²) in [7, 11) is 1.58. The number of fused-ring (bicyclic) bond motifs is 1. The third kappa shape index (κ3) is 4.65. The predicted molar refractivity (Wildman–Crippen MR) is 135 cm³/mol. The van der Waals surface area contributed by atoms with E-state index in [9.17, 15) is 4.79 Å². The van der Waals surface area contributed by atoms with Gasteiger partial charge in [-0.2, -0.15) is 0 Å². The van der Waals surface area contributed by atoms with Gasteiger partial charge < -0.3 is 15.0 Å². The first kappa shape index (κ1) is 23.1. The maximum atomic E-state index is 13.2. The zero-order valence-electron chi connectivity index (χ0n) is 19.7. The Morgan fingerprint density at radius 1 is 1.15 bits per heavy atom. The Morgan fingerprint density at radius 3 is 2.71 bits per heavy atom. The molecule has 0 amide bonds. The minimum atomic E-state index is -0.127. The molecular weight excluding hydrogens is 428 g/mol. The fourth-order valence-corrected chi connectivity index (χ4v) is 3.90. The quantitative estimate of drug-likeness (QED) is 0.388. The summed E-state index contributed by atoms with van der Waals surface area (Å²) < 4.78 is 8.92. The Balaban J connectivity index is 1.74. The molecule has 0 aliphatic heterocycles. The van der Waals surface area contributed by atoms with Crippen molar-refractivity contribution >= 4 is 22.4 Å². The van der Waals surface area contributed by atoms with Crippen LogP contribution in [0.3, 0.4) is 0 Å². The second kappa shape index (κ2) is 10.2. The minimum absolute atomic E-state index is 0.127. The van der Waals surface area contributed by atoms with Gasteiger partial charge in [0, 0.05) is 48.2 Å². The highest BCUT2D eigenvalue weighted by Gasteiger charge is 2.15. The summed E-state index contributed by atoms with van der Waals surface area (Å²) in [6.45, 7) is 7.56. The Morgan fingerprint density at radius 2 is 1.97 bits per heavy atom. The number of nitrogens with one attached hydrogen (secondary N) is 1. The van der Waals surface area contributed by atoms with Gasteiger partial charge >= 0.3 is 5.69 Å². The maximum Gasteiger partial charge on any atom is 0.332 e. The van der Waals surface area contributed by atoms with Gasteiger partial charge in [0.15, 0.2) is 0 Å². The fraction of sp³-hybridized carbons (Fsp3) is 0.269. The van der Waals surface area contributed by atoms with Crippen LogP contribution in [0.25, 0.3) is 16.6 Å². The van der Waals surface area contributed by atoms with Gasteiger partial charge in [-0.25, -0.2) is 14.8 Å². The number of ether oxygens (including phenoxy) is 1. The first-order valence-electron chi connectivity index (χ1n) is 11.2. The van der Waals surface area contributed by atoms with Crippen molar-refractivity contribution in [2.45, 2.75) is 20.4 Å². The monoisotopic (exact) mass is 456 g/mol. The van der Waals surface area contributed by atoms with Crippen LogP contribution >= 0.6 is 0 Å². The fourth-order valence-electron chi connectivity index (χ4n) is 3.90. The van der Waals surface area contributed by atoms with Crippen LogP contribution in [-0.2, 0) is 6.54 Å². The van der Waals surface area contributed by atoms with E-state index in [2.05, 4.69) is 40.0 Å². The van der Waals surface area contributed by atoms with Crippen LogP contribution in [-0.4, -0.2) is 50.7 Å². The van der Waals surface area contributed by atoms with Gasteiger partial charge in [0.2, 0.25) is 0 Å². The smallest absolute Gasteiger partial charge is 0.332 e. The highest BCUT2D eigenvalue weighted by atomic mass is 16.5. The van der Waals surface area contributed by atoms with E-state index in [1.54, 1.807) is 28.6 Å². The van der Waals surface area contributed by atoms with Crippen LogP contribution in [0.1, 0.15) is 19.4 Å². The van der Waals surface area contributed by atoms with Crippen LogP contribution < -0.4 is 15.7 Å². The van der Waals surface area contributed by atoms with E-state index < -0.39 is 0 Å². The van der Waals surface area contributed by atoms with E-state index in [4.69, 9.17) is 11.2 Å². The van der Waals surface area contributed by atoms with Crippen molar-refractivity contribution in [3.8, 4) is 23.8 Å². The third-order valence-corrected chi connectivity index (χ3v) is 5.89. The molecule has 4 rings (SSSR count). The SMILES string of the molecule is C#Cc1cccc(Nc2ncnc3cc(OC)c(-n4ccn(CCN(CC)CC)c4=O)cc23)c1. The first-order chi connectivity index (χ1) is 16.6. The lowest BCUT2D eigenvalue weighted by molar-refractivity contribution is 0.289. The highest BCUT2D eigenvalue weighted by Crippen LogP contribution is 2.31. The van der Waals surface area contributed by atoms with Gasteiger partial charge in [0.25, 0.3) is 0 Å². The number of aromatic nitrogens is 4. The van der Waals surface area contributed by atoms with Crippen molar-refractivity contribution in [3.05, 3.63) is 71.2 Å². The van der Waals surface area contributed by atoms with E-state index in [1.165, 1.54) is 6.33 Å². The standard InChI is InChI=1S/C26H28N6O2/c1-5-19-9-8-10-20(15-19)29-25-21-16-23(24(34-4)17-22(21)27-18-28-25)32-14-13-31(26(32)33)12-11-30(6-2)7-3/h1,8-10,13-18H,6-7,11-12H2,2-4H3,(H,27,28,29). The van der Waals surface area contributed by atoms with E-state index in [-0.39, 0.29) is 5.69 Å². The van der Waals surface area contributed by atoms with E-state index in [0.29, 0.717) is 29.3 Å². The number of benzene rings is 2. The molecule has 174 valence electrons. The molecule has 8 nitrogen and oxygen atoms in total. The summed E-state index contributed by atoms with van der Waals surface area (Å²) in [4.78, 5) is 24.3. The van der Waals surface area contributed by atoms with Crippen LogP contribution in [0.5, 0.6) is 5.75 Å². The van der Waals surface area contributed by atoms with Crippen molar-refractivity contribution in [3.63, 3.8) is 0 Å². The molecular formula is C26H28N6O2. The number of hydrogen-bond donors (Lipinski definition) is 1. The van der Waals surface area contributed by atoms with E-state index in [1.807, 2.05) is 36.4 Å². The molecule has 0 saturated heterocycles. The summed E-state index contributed by atoms with van der Waals surface area (Å²) in [5.74, 6) is 3.80. The third-order valence-electron chi connectivity index (χ3n) is 5.89. The maximum absolute atomic E-state index is 13.2. The molecule has 2 aromatic carbocycles. The molecule has 1 N–H and O–H groups in total. The summed E-state index contributed by atoms with van der Waals surface area (Å²) in [5.41, 5.74) is 2.77. The number of hydrogen-bond acceptors (Lipinski definition) is 6.